The Hall–Kier alpha value is -2.64. The highest BCUT2D eigenvalue weighted by Gasteiger charge is 2.33. The molecule has 0 fully saturated rings. The zero-order chi connectivity index (χ0) is 22.3. The van der Waals surface area contributed by atoms with Gasteiger partial charge in [-0.05, 0) is 35.6 Å². The predicted octanol–water partition coefficient (Wildman–Crippen LogP) is 5.30. The lowest BCUT2D eigenvalue weighted by molar-refractivity contribution is -0.141. The first kappa shape index (κ1) is 22.1. The van der Waals surface area contributed by atoms with Crippen molar-refractivity contribution in [2.45, 2.75) is 59.7 Å². The summed E-state index contributed by atoms with van der Waals surface area (Å²) < 4.78 is 38.2. The summed E-state index contributed by atoms with van der Waals surface area (Å²) in [6, 6.07) is 4.45. The first-order valence-corrected chi connectivity index (χ1v) is 9.92. The predicted molar refractivity (Wildman–Crippen MR) is 110 cm³/mol. The number of carbonyl (C=O) groups is 1. The number of alkyl halides is 3. The number of fused-ring (bicyclic) bond motifs is 1. The number of rotatable bonds is 4. The maximum atomic E-state index is 12.7. The number of carbonyl (C=O) groups excluding carboxylic acids is 1. The van der Waals surface area contributed by atoms with Crippen LogP contribution in [-0.4, -0.2) is 22.4 Å². The molecule has 1 amide bonds. The highest BCUT2D eigenvalue weighted by atomic mass is 19.4. The molecule has 5 nitrogen and oxygen atoms in total. The summed E-state index contributed by atoms with van der Waals surface area (Å²) in [5.41, 5.74) is 2.35. The van der Waals surface area contributed by atoms with Gasteiger partial charge < -0.3 is 10.2 Å². The highest BCUT2D eigenvalue weighted by Crippen LogP contribution is 2.38. The van der Waals surface area contributed by atoms with Gasteiger partial charge in [0.05, 0.1) is 11.4 Å². The number of hydrogen-bond donors (Lipinski definition) is 1. The summed E-state index contributed by atoms with van der Waals surface area (Å²) in [4.78, 5) is 22.7. The van der Waals surface area contributed by atoms with Crippen LogP contribution in [0.4, 0.5) is 24.7 Å². The molecule has 1 N–H and O–H groups in total. The molecule has 0 saturated carbocycles. The Labute approximate surface area is 174 Å². The molecule has 0 aliphatic carbocycles. The van der Waals surface area contributed by atoms with Gasteiger partial charge in [0.25, 0.3) is 0 Å². The average Bonchev–Trinajstić information content (AvgIpc) is 2.88. The van der Waals surface area contributed by atoms with E-state index in [0.29, 0.717) is 30.9 Å². The molecule has 3 rings (SSSR count). The van der Waals surface area contributed by atoms with Gasteiger partial charge >= 0.3 is 6.18 Å². The molecule has 2 aromatic rings. The molecule has 162 valence electrons. The molecule has 0 aromatic carbocycles. The highest BCUT2D eigenvalue weighted by molar-refractivity contribution is 5.91. The monoisotopic (exact) mass is 420 g/mol. The normalized spacial score (nSPS) is 16.5. The largest absolute Gasteiger partial charge is 0.433 e. The second-order valence-electron chi connectivity index (χ2n) is 9.17. The molecule has 2 aromatic heterocycles. The van der Waals surface area contributed by atoms with Crippen molar-refractivity contribution in [2.75, 3.05) is 16.8 Å². The fraction of sp³-hybridized carbons (Fsp3) is 0.500. The van der Waals surface area contributed by atoms with Crippen molar-refractivity contribution in [1.29, 1.82) is 0 Å². The molecular weight excluding hydrogens is 393 g/mol. The van der Waals surface area contributed by atoms with Gasteiger partial charge in [-0.3, -0.25) is 9.78 Å². The van der Waals surface area contributed by atoms with Crippen molar-refractivity contribution in [2.24, 2.45) is 5.41 Å². The summed E-state index contributed by atoms with van der Waals surface area (Å²) in [6.07, 6.45) is -2.77. The van der Waals surface area contributed by atoms with E-state index >= 15 is 0 Å². The molecule has 3 heterocycles. The van der Waals surface area contributed by atoms with Crippen LogP contribution in [0, 0.1) is 12.3 Å². The number of pyridine rings is 2. The Morgan fingerprint density at radius 2 is 1.97 bits per heavy atom. The van der Waals surface area contributed by atoms with Crippen LogP contribution in [0.2, 0.25) is 0 Å². The third kappa shape index (κ3) is 5.09. The zero-order valence-electron chi connectivity index (χ0n) is 17.9. The third-order valence-corrected chi connectivity index (χ3v) is 4.96. The number of nitrogens with zero attached hydrogens (tertiary/aromatic N) is 3. The number of hydrogen-bond acceptors (Lipinski definition) is 4. The molecule has 0 bridgehead atoms. The van der Waals surface area contributed by atoms with Crippen LogP contribution in [0.15, 0.2) is 24.4 Å². The summed E-state index contributed by atoms with van der Waals surface area (Å²) in [5, 5.41) is 2.92. The van der Waals surface area contributed by atoms with Crippen LogP contribution in [0.5, 0.6) is 0 Å². The standard InChI is InChI=1S/C22H27F3N4O/c1-13-8-16-19(28-20(13)27-18(30)9-21(3,4)5)14(2)11-29(16)12-15-6-7-17(26-10-15)22(23,24)25/h6-8,10,14H,9,11-12H2,1-5H3,(H,27,28,30)/t14-/m0/s1. The first-order chi connectivity index (χ1) is 13.8. The molecule has 1 aliphatic rings. The average molecular weight is 420 g/mol. The van der Waals surface area contributed by atoms with Crippen LogP contribution in [0.1, 0.15) is 62.5 Å². The fourth-order valence-corrected chi connectivity index (χ4v) is 3.58. The topological polar surface area (TPSA) is 58.1 Å². The Kier molecular flexibility index (Phi) is 5.80. The van der Waals surface area contributed by atoms with E-state index < -0.39 is 11.9 Å². The van der Waals surface area contributed by atoms with Gasteiger partial charge in [0.15, 0.2) is 0 Å². The number of amides is 1. The smallest absolute Gasteiger partial charge is 0.365 e. The van der Waals surface area contributed by atoms with E-state index in [0.717, 1.165) is 23.0 Å². The minimum Gasteiger partial charge on any atom is -0.365 e. The van der Waals surface area contributed by atoms with E-state index in [1.807, 2.05) is 40.7 Å². The van der Waals surface area contributed by atoms with Crippen molar-refractivity contribution in [3.8, 4) is 0 Å². The van der Waals surface area contributed by atoms with Crippen LogP contribution >= 0.6 is 0 Å². The summed E-state index contributed by atoms with van der Waals surface area (Å²) in [6.45, 7) is 11.1. The Morgan fingerprint density at radius 1 is 1.27 bits per heavy atom. The molecule has 1 aliphatic heterocycles. The lowest BCUT2D eigenvalue weighted by Gasteiger charge is -2.21. The Balaban J connectivity index is 1.78. The molecular formula is C22H27F3N4O. The number of aryl methyl sites for hydroxylation is 1. The summed E-state index contributed by atoms with van der Waals surface area (Å²) in [7, 11) is 0. The maximum Gasteiger partial charge on any atom is 0.433 e. The Bertz CT molecular complexity index is 933. The van der Waals surface area contributed by atoms with Gasteiger partial charge in [0.1, 0.15) is 11.5 Å². The molecule has 8 heteroatoms. The quantitative estimate of drug-likeness (QED) is 0.729. The van der Waals surface area contributed by atoms with Crippen LogP contribution in [0.3, 0.4) is 0 Å². The Morgan fingerprint density at radius 3 is 2.53 bits per heavy atom. The molecule has 0 radical (unpaired) electrons. The molecule has 30 heavy (non-hydrogen) atoms. The molecule has 1 atom stereocenters. The SMILES string of the molecule is Cc1cc2c(nc1NC(=O)CC(C)(C)C)[C@@H](C)CN2Cc1ccc(C(F)(F)F)nc1. The van der Waals surface area contributed by atoms with E-state index in [4.69, 9.17) is 4.98 Å². The van der Waals surface area contributed by atoms with E-state index in [-0.39, 0.29) is 17.2 Å². The van der Waals surface area contributed by atoms with Crippen LogP contribution < -0.4 is 10.2 Å². The number of anilines is 2. The van der Waals surface area contributed by atoms with E-state index in [1.54, 1.807) is 0 Å². The van der Waals surface area contributed by atoms with Gasteiger partial charge in [-0.25, -0.2) is 4.98 Å². The van der Waals surface area contributed by atoms with Crippen molar-refractivity contribution in [3.05, 3.63) is 46.9 Å². The van der Waals surface area contributed by atoms with Crippen molar-refractivity contribution >= 4 is 17.4 Å². The summed E-state index contributed by atoms with van der Waals surface area (Å²) >= 11 is 0. The molecule has 0 spiro atoms. The van der Waals surface area contributed by atoms with Gasteiger partial charge in [0, 0.05) is 31.6 Å². The minimum absolute atomic E-state index is 0.0728. The fourth-order valence-electron chi connectivity index (χ4n) is 3.58. The molecule has 0 saturated heterocycles. The second-order valence-corrected chi connectivity index (χ2v) is 9.17. The van der Waals surface area contributed by atoms with Gasteiger partial charge in [0.2, 0.25) is 5.91 Å². The van der Waals surface area contributed by atoms with Crippen molar-refractivity contribution < 1.29 is 18.0 Å². The zero-order valence-corrected chi connectivity index (χ0v) is 17.9. The first-order valence-electron chi connectivity index (χ1n) is 9.92. The van der Waals surface area contributed by atoms with Crippen LogP contribution in [-0.2, 0) is 17.5 Å². The van der Waals surface area contributed by atoms with Gasteiger partial charge in [-0.1, -0.05) is 33.8 Å². The number of nitrogens with one attached hydrogen (secondary N) is 1. The minimum atomic E-state index is -4.44. The summed E-state index contributed by atoms with van der Waals surface area (Å²) in [5.74, 6) is 0.630. The van der Waals surface area contributed by atoms with E-state index in [1.165, 1.54) is 12.3 Å². The maximum absolute atomic E-state index is 12.7. The van der Waals surface area contributed by atoms with Crippen molar-refractivity contribution in [1.82, 2.24) is 9.97 Å². The van der Waals surface area contributed by atoms with Crippen molar-refractivity contribution in [3.63, 3.8) is 0 Å². The van der Waals surface area contributed by atoms with E-state index in [9.17, 15) is 18.0 Å². The lowest BCUT2D eigenvalue weighted by Crippen LogP contribution is -2.22. The molecule has 0 unspecified atom stereocenters. The third-order valence-electron chi connectivity index (χ3n) is 4.96. The van der Waals surface area contributed by atoms with Crippen LogP contribution in [0.25, 0.3) is 0 Å². The number of aromatic nitrogens is 2. The second kappa shape index (κ2) is 7.89. The van der Waals surface area contributed by atoms with Gasteiger partial charge in [-0.15, -0.1) is 0 Å². The number of halogens is 3. The van der Waals surface area contributed by atoms with Gasteiger partial charge in [-0.2, -0.15) is 13.2 Å². The van der Waals surface area contributed by atoms with E-state index in [2.05, 4.69) is 15.2 Å². The lowest BCUT2D eigenvalue weighted by atomic mass is 9.92.